The molecule has 0 amide bonds. The van der Waals surface area contributed by atoms with Crippen LogP contribution in [0.4, 0.5) is 0 Å². The molecule has 3 heteroatoms. The molecule has 0 nitrogen and oxygen atoms in total. The standard InChI is InChI=1S/C27H30Si3/c1-13-22-25(16-19-28(4,5)6)23(14-2)27(18-21-30(10,11)12)24(15-3)26(22)17-20-29(7,8)9/h1-3H,4-12H3. The number of terminal acetylenes is 3. The Balaban J connectivity index is 4.30. The second-order valence-corrected chi connectivity index (χ2v) is 24.4. The van der Waals surface area contributed by atoms with E-state index in [9.17, 15) is 0 Å². The minimum absolute atomic E-state index is 0.589. The molecule has 1 aromatic rings. The fraction of sp³-hybridized carbons (Fsp3) is 0.333. The molecular formula is C27H30Si3. The van der Waals surface area contributed by atoms with Crippen LogP contribution in [-0.2, 0) is 0 Å². The van der Waals surface area contributed by atoms with Crippen LogP contribution in [0.25, 0.3) is 0 Å². The van der Waals surface area contributed by atoms with Crippen molar-refractivity contribution in [2.75, 3.05) is 0 Å². The molecule has 30 heavy (non-hydrogen) atoms. The molecular weight excluding hydrogens is 409 g/mol. The first-order valence-corrected chi connectivity index (χ1v) is 20.4. The van der Waals surface area contributed by atoms with Gasteiger partial charge in [0.15, 0.2) is 0 Å². The van der Waals surface area contributed by atoms with E-state index in [1.807, 2.05) is 0 Å². The molecule has 0 spiro atoms. The number of rotatable bonds is 0. The van der Waals surface area contributed by atoms with Gasteiger partial charge in [-0.25, -0.2) is 0 Å². The Morgan fingerprint density at radius 3 is 0.733 bits per heavy atom. The number of hydrogen-bond acceptors (Lipinski definition) is 0. The van der Waals surface area contributed by atoms with Gasteiger partial charge < -0.3 is 0 Å². The Morgan fingerprint density at radius 1 is 0.400 bits per heavy atom. The fourth-order valence-electron chi connectivity index (χ4n) is 2.31. The second-order valence-electron chi connectivity index (χ2n) is 10.2. The lowest BCUT2D eigenvalue weighted by Crippen LogP contribution is -2.18. The lowest BCUT2D eigenvalue weighted by atomic mass is 9.87. The van der Waals surface area contributed by atoms with Gasteiger partial charge in [0, 0.05) is 0 Å². The summed E-state index contributed by atoms with van der Waals surface area (Å²) in [4.78, 5) is 0. The summed E-state index contributed by atoms with van der Waals surface area (Å²) in [5.74, 6) is 18.2. The summed E-state index contributed by atoms with van der Waals surface area (Å²) in [6.07, 6.45) is 17.8. The van der Waals surface area contributed by atoms with E-state index in [0.29, 0.717) is 33.4 Å². The normalized spacial score (nSPS) is 10.6. The van der Waals surface area contributed by atoms with Crippen LogP contribution in [0.3, 0.4) is 0 Å². The van der Waals surface area contributed by atoms with E-state index in [4.69, 9.17) is 19.3 Å². The van der Waals surface area contributed by atoms with Gasteiger partial charge in [0.1, 0.15) is 24.2 Å². The molecule has 0 unspecified atom stereocenters. The van der Waals surface area contributed by atoms with Gasteiger partial charge in [-0.15, -0.1) is 35.9 Å². The first-order valence-electron chi connectivity index (χ1n) is 9.87. The predicted octanol–water partition coefficient (Wildman–Crippen LogP) is 5.32. The van der Waals surface area contributed by atoms with Crippen LogP contribution in [0.2, 0.25) is 58.9 Å². The maximum absolute atomic E-state index is 5.94. The molecule has 0 bridgehead atoms. The van der Waals surface area contributed by atoms with E-state index in [1.54, 1.807) is 0 Å². The summed E-state index contributed by atoms with van der Waals surface area (Å²) in [7, 11) is -4.99. The highest BCUT2D eigenvalue weighted by molar-refractivity contribution is 6.84. The lowest BCUT2D eigenvalue weighted by Gasteiger charge is -2.14. The third-order valence-electron chi connectivity index (χ3n) is 3.62. The molecule has 1 aromatic carbocycles. The zero-order valence-electron chi connectivity index (χ0n) is 19.7. The average molecular weight is 439 g/mol. The molecule has 0 heterocycles. The van der Waals surface area contributed by atoms with Gasteiger partial charge in [0.05, 0.1) is 33.4 Å². The smallest absolute Gasteiger partial charge is 0.127 e. The van der Waals surface area contributed by atoms with Crippen molar-refractivity contribution >= 4 is 24.2 Å². The molecule has 0 saturated heterocycles. The van der Waals surface area contributed by atoms with Gasteiger partial charge in [-0.1, -0.05) is 94.4 Å². The van der Waals surface area contributed by atoms with Crippen molar-refractivity contribution in [1.82, 2.24) is 0 Å². The van der Waals surface area contributed by atoms with Gasteiger partial charge in [0.25, 0.3) is 0 Å². The highest BCUT2D eigenvalue weighted by Crippen LogP contribution is 2.27. The van der Waals surface area contributed by atoms with E-state index in [2.05, 4.69) is 111 Å². The Labute approximate surface area is 187 Å². The molecule has 0 saturated carbocycles. The van der Waals surface area contributed by atoms with E-state index >= 15 is 0 Å². The second kappa shape index (κ2) is 9.36. The largest absolute Gasteiger partial charge is 0.129 e. The topological polar surface area (TPSA) is 0 Å². The molecule has 0 aliphatic heterocycles. The molecule has 150 valence electrons. The maximum Gasteiger partial charge on any atom is 0.129 e. The Bertz CT molecular complexity index is 994. The third-order valence-corrected chi connectivity index (χ3v) is 6.25. The van der Waals surface area contributed by atoms with Crippen molar-refractivity contribution in [1.29, 1.82) is 0 Å². The molecule has 0 aromatic heterocycles. The Hall–Kier alpha value is -2.77. The summed E-state index contributed by atoms with van der Waals surface area (Å²) in [6.45, 7) is 19.6. The summed E-state index contributed by atoms with van der Waals surface area (Å²) in [5, 5.41) is 0. The SMILES string of the molecule is C#Cc1c(C#C[Si](C)(C)C)c(C#C)c(C#C[Si](C)(C)C)c(C#C)c1C#C[Si](C)(C)C. The minimum atomic E-state index is -1.66. The molecule has 0 aliphatic rings. The Morgan fingerprint density at radius 2 is 0.600 bits per heavy atom. The summed E-state index contributed by atoms with van der Waals surface area (Å²) >= 11 is 0. The van der Waals surface area contributed by atoms with Crippen LogP contribution >= 0.6 is 0 Å². The number of benzene rings is 1. The van der Waals surface area contributed by atoms with Gasteiger partial charge in [-0.3, -0.25) is 0 Å². The van der Waals surface area contributed by atoms with E-state index in [-0.39, 0.29) is 0 Å². The van der Waals surface area contributed by atoms with Gasteiger partial charge >= 0.3 is 0 Å². The fourth-order valence-corrected chi connectivity index (χ4v) is 3.81. The average Bonchev–Trinajstić information content (AvgIpc) is 2.59. The first kappa shape index (κ1) is 25.3. The lowest BCUT2D eigenvalue weighted by molar-refractivity contribution is 1.44. The highest BCUT2D eigenvalue weighted by Gasteiger charge is 2.21. The summed E-state index contributed by atoms with van der Waals surface area (Å²) in [5.41, 5.74) is 13.9. The highest BCUT2D eigenvalue weighted by atomic mass is 28.3. The van der Waals surface area contributed by atoms with Crippen LogP contribution in [0.1, 0.15) is 33.4 Å². The molecule has 0 atom stereocenters. The third kappa shape index (κ3) is 7.24. The molecule has 1 rings (SSSR count). The van der Waals surface area contributed by atoms with Crippen molar-refractivity contribution in [3.63, 3.8) is 0 Å². The molecule has 0 N–H and O–H groups in total. The van der Waals surface area contributed by atoms with Crippen molar-refractivity contribution in [2.24, 2.45) is 0 Å². The monoisotopic (exact) mass is 438 g/mol. The minimum Gasteiger partial charge on any atom is -0.127 e. The van der Waals surface area contributed by atoms with Crippen molar-refractivity contribution in [2.45, 2.75) is 58.9 Å². The zero-order chi connectivity index (χ0) is 23.3. The van der Waals surface area contributed by atoms with E-state index < -0.39 is 24.2 Å². The summed E-state index contributed by atoms with van der Waals surface area (Å²) in [6, 6.07) is 0. The Kier molecular flexibility index (Phi) is 7.89. The van der Waals surface area contributed by atoms with Crippen LogP contribution in [0, 0.1) is 71.4 Å². The molecule has 0 fully saturated rings. The first-order chi connectivity index (χ1) is 13.6. The summed E-state index contributed by atoms with van der Waals surface area (Å²) < 4.78 is 0. The van der Waals surface area contributed by atoms with Crippen molar-refractivity contribution < 1.29 is 0 Å². The quantitative estimate of drug-likeness (QED) is 0.380. The van der Waals surface area contributed by atoms with Crippen LogP contribution in [0.5, 0.6) is 0 Å². The van der Waals surface area contributed by atoms with E-state index in [1.165, 1.54) is 0 Å². The van der Waals surface area contributed by atoms with Crippen LogP contribution in [-0.4, -0.2) is 24.2 Å². The van der Waals surface area contributed by atoms with Crippen molar-refractivity contribution in [3.05, 3.63) is 33.4 Å². The van der Waals surface area contributed by atoms with Gasteiger partial charge in [-0.05, 0) is 0 Å². The van der Waals surface area contributed by atoms with Gasteiger partial charge in [-0.2, -0.15) is 0 Å². The van der Waals surface area contributed by atoms with Crippen LogP contribution < -0.4 is 0 Å². The zero-order valence-corrected chi connectivity index (χ0v) is 22.7. The number of hydrogen-bond donors (Lipinski definition) is 0. The maximum atomic E-state index is 5.94. The predicted molar refractivity (Wildman–Crippen MR) is 141 cm³/mol. The molecule has 0 radical (unpaired) electrons. The van der Waals surface area contributed by atoms with Gasteiger partial charge in [0.2, 0.25) is 0 Å². The van der Waals surface area contributed by atoms with Crippen LogP contribution in [0.15, 0.2) is 0 Å². The van der Waals surface area contributed by atoms with E-state index in [0.717, 1.165) is 0 Å². The molecule has 0 aliphatic carbocycles. The van der Waals surface area contributed by atoms with Crippen molar-refractivity contribution in [3.8, 4) is 71.4 Å².